The van der Waals surface area contributed by atoms with Crippen molar-refractivity contribution in [3.63, 3.8) is 0 Å². The third kappa shape index (κ3) is 3.22. The molecule has 0 amide bonds. The Morgan fingerprint density at radius 3 is 2.14 bits per heavy atom. The fourth-order valence-corrected chi connectivity index (χ4v) is 1.96. The van der Waals surface area contributed by atoms with E-state index in [-0.39, 0.29) is 16.8 Å². The summed E-state index contributed by atoms with van der Waals surface area (Å²) in [5.74, 6) is -1.86. The van der Waals surface area contributed by atoms with E-state index in [2.05, 4.69) is 4.98 Å². The molecule has 0 fully saturated rings. The van der Waals surface area contributed by atoms with Crippen molar-refractivity contribution in [2.75, 3.05) is 6.61 Å². The summed E-state index contributed by atoms with van der Waals surface area (Å²) in [5, 5.41) is 9.01. The van der Waals surface area contributed by atoms with Crippen LogP contribution in [0.5, 0.6) is 0 Å². The summed E-state index contributed by atoms with van der Waals surface area (Å²) in [5.41, 5.74) is 4.07. The predicted octanol–water partition coefficient (Wildman–Crippen LogP) is 2.97. The minimum Gasteiger partial charge on any atom is -0.394 e. The fraction of sp³-hybridized carbons (Fsp3) is 0.231. The number of nitrogens with two attached hydrogens (primary N) is 1. The number of hydrogen-bond acceptors (Lipinski definition) is 2. The van der Waals surface area contributed by atoms with Gasteiger partial charge in [0.25, 0.3) is 0 Å². The first-order valence-corrected chi connectivity index (χ1v) is 5.85. The number of H-pyrrole nitrogens is 1. The van der Waals surface area contributed by atoms with Crippen molar-refractivity contribution >= 4 is 0 Å². The molecule has 0 bridgehead atoms. The van der Waals surface area contributed by atoms with Crippen molar-refractivity contribution in [3.05, 3.63) is 47.3 Å². The topological polar surface area (TPSA) is 62.0 Å². The lowest BCUT2D eigenvalue weighted by molar-refractivity contribution is -0.140. The number of nitrogens with one attached hydrogen (secondary N) is 1. The Kier molecular flexibility index (Phi) is 4.02. The first kappa shape index (κ1) is 15.5. The van der Waals surface area contributed by atoms with Crippen LogP contribution in [0.15, 0.2) is 24.3 Å². The number of rotatable bonds is 3. The molecule has 2 aromatic rings. The second-order valence-corrected chi connectivity index (χ2v) is 4.46. The summed E-state index contributed by atoms with van der Waals surface area (Å²) in [7, 11) is 0. The maximum atomic E-state index is 13.2. The van der Waals surface area contributed by atoms with Crippen LogP contribution in [0.2, 0.25) is 0 Å². The van der Waals surface area contributed by atoms with Gasteiger partial charge in [-0.3, -0.25) is 0 Å². The number of benzene rings is 1. The third-order valence-electron chi connectivity index (χ3n) is 2.89. The zero-order valence-electron chi connectivity index (χ0n) is 10.5. The molecule has 1 atom stereocenters. The average Bonchev–Trinajstić information content (AvgIpc) is 2.81. The fourth-order valence-electron chi connectivity index (χ4n) is 1.96. The van der Waals surface area contributed by atoms with E-state index >= 15 is 0 Å². The average molecular weight is 306 g/mol. The molecule has 0 radical (unpaired) electrons. The molecular formula is C13H11F5N2O. The van der Waals surface area contributed by atoms with E-state index in [1.165, 1.54) is 0 Å². The molecule has 1 aromatic heterocycles. The lowest BCUT2D eigenvalue weighted by atomic mass is 10.0. The number of aliphatic hydroxyl groups excluding tert-OH is 1. The molecule has 0 aliphatic heterocycles. The van der Waals surface area contributed by atoms with Crippen LogP contribution in [-0.4, -0.2) is 16.7 Å². The van der Waals surface area contributed by atoms with Crippen molar-refractivity contribution in [1.29, 1.82) is 0 Å². The van der Waals surface area contributed by atoms with Crippen LogP contribution in [0.3, 0.4) is 0 Å². The summed E-state index contributed by atoms with van der Waals surface area (Å²) in [6.07, 6.45) is -4.67. The van der Waals surface area contributed by atoms with Crippen molar-refractivity contribution in [2.24, 2.45) is 5.73 Å². The standard InChI is InChI=1S/C13H11F5N2O/c14-7-1-6(2-8(15)3-7)9-4-11(13(16,17)18)20-12(9)10(19)5-21/h1-4,10,20-21H,5,19H2/t10-/m0/s1. The van der Waals surface area contributed by atoms with Gasteiger partial charge >= 0.3 is 6.18 Å². The largest absolute Gasteiger partial charge is 0.431 e. The first-order chi connectivity index (χ1) is 9.72. The Morgan fingerprint density at radius 1 is 1.10 bits per heavy atom. The molecule has 0 unspecified atom stereocenters. The van der Waals surface area contributed by atoms with Crippen molar-refractivity contribution in [2.45, 2.75) is 12.2 Å². The van der Waals surface area contributed by atoms with Gasteiger partial charge in [-0.25, -0.2) is 8.78 Å². The van der Waals surface area contributed by atoms with Gasteiger partial charge in [0.2, 0.25) is 0 Å². The van der Waals surface area contributed by atoms with Gasteiger partial charge in [0.05, 0.1) is 12.6 Å². The Bertz CT molecular complexity index is 630. The van der Waals surface area contributed by atoms with Gasteiger partial charge in [-0.05, 0) is 23.8 Å². The quantitative estimate of drug-likeness (QED) is 0.763. The minimum absolute atomic E-state index is 0.0989. The molecule has 0 aliphatic rings. The van der Waals surface area contributed by atoms with E-state index in [0.717, 1.165) is 12.1 Å². The smallest absolute Gasteiger partial charge is 0.394 e. The molecule has 4 N–H and O–H groups in total. The van der Waals surface area contributed by atoms with Gasteiger partial charge in [-0.15, -0.1) is 0 Å². The Morgan fingerprint density at radius 2 is 1.67 bits per heavy atom. The highest BCUT2D eigenvalue weighted by Gasteiger charge is 2.34. The highest BCUT2D eigenvalue weighted by atomic mass is 19.4. The molecule has 1 aromatic carbocycles. The third-order valence-corrected chi connectivity index (χ3v) is 2.89. The highest BCUT2D eigenvalue weighted by Crippen LogP contribution is 2.36. The van der Waals surface area contributed by atoms with Gasteiger partial charge < -0.3 is 15.8 Å². The molecule has 0 spiro atoms. The molecular weight excluding hydrogens is 295 g/mol. The number of aliphatic hydroxyl groups is 1. The van der Waals surface area contributed by atoms with Crippen LogP contribution in [0.25, 0.3) is 11.1 Å². The lowest BCUT2D eigenvalue weighted by Gasteiger charge is -2.10. The van der Waals surface area contributed by atoms with Gasteiger partial charge in [-0.1, -0.05) is 0 Å². The van der Waals surface area contributed by atoms with E-state index in [4.69, 9.17) is 10.8 Å². The zero-order chi connectivity index (χ0) is 15.8. The highest BCUT2D eigenvalue weighted by molar-refractivity contribution is 5.68. The number of alkyl halides is 3. The normalized spacial score (nSPS) is 13.5. The number of aromatic nitrogens is 1. The molecule has 0 saturated carbocycles. The molecule has 0 aliphatic carbocycles. The molecule has 114 valence electrons. The summed E-state index contributed by atoms with van der Waals surface area (Å²) in [6, 6.07) is 1.95. The predicted molar refractivity (Wildman–Crippen MR) is 65.2 cm³/mol. The second-order valence-electron chi connectivity index (χ2n) is 4.46. The molecule has 3 nitrogen and oxygen atoms in total. The summed E-state index contributed by atoms with van der Waals surface area (Å²) < 4.78 is 64.7. The summed E-state index contributed by atoms with van der Waals surface area (Å²) >= 11 is 0. The number of halogens is 5. The Labute approximate surface area is 116 Å². The number of hydrogen-bond donors (Lipinski definition) is 3. The molecule has 21 heavy (non-hydrogen) atoms. The van der Waals surface area contributed by atoms with Gasteiger partial charge in [-0.2, -0.15) is 13.2 Å². The van der Waals surface area contributed by atoms with Crippen LogP contribution >= 0.6 is 0 Å². The van der Waals surface area contributed by atoms with Gasteiger partial charge in [0, 0.05) is 17.3 Å². The van der Waals surface area contributed by atoms with E-state index in [1.54, 1.807) is 0 Å². The SMILES string of the molecule is N[C@@H](CO)c1[nH]c(C(F)(F)F)cc1-c1cc(F)cc(F)c1. The van der Waals surface area contributed by atoms with E-state index in [1.807, 2.05) is 0 Å². The van der Waals surface area contributed by atoms with Crippen LogP contribution in [0, 0.1) is 11.6 Å². The summed E-state index contributed by atoms with van der Waals surface area (Å²) in [6.45, 7) is -0.622. The molecule has 0 saturated heterocycles. The minimum atomic E-state index is -4.67. The maximum Gasteiger partial charge on any atom is 0.431 e. The van der Waals surface area contributed by atoms with E-state index in [0.29, 0.717) is 12.1 Å². The van der Waals surface area contributed by atoms with Crippen molar-refractivity contribution < 1.29 is 27.1 Å². The van der Waals surface area contributed by atoms with E-state index < -0.39 is 36.2 Å². The molecule has 1 heterocycles. The Balaban J connectivity index is 2.63. The first-order valence-electron chi connectivity index (χ1n) is 5.85. The summed E-state index contributed by atoms with van der Waals surface area (Å²) in [4.78, 5) is 2.05. The zero-order valence-corrected chi connectivity index (χ0v) is 10.5. The maximum absolute atomic E-state index is 13.2. The number of aromatic amines is 1. The molecule has 2 rings (SSSR count). The Hall–Kier alpha value is -1.93. The van der Waals surface area contributed by atoms with Gasteiger partial charge in [0.15, 0.2) is 0 Å². The molecule has 8 heteroatoms. The van der Waals surface area contributed by atoms with Crippen LogP contribution < -0.4 is 5.73 Å². The monoisotopic (exact) mass is 306 g/mol. The van der Waals surface area contributed by atoms with Crippen molar-refractivity contribution in [1.82, 2.24) is 4.98 Å². The van der Waals surface area contributed by atoms with Crippen LogP contribution in [0.4, 0.5) is 22.0 Å². The second kappa shape index (κ2) is 5.45. The van der Waals surface area contributed by atoms with E-state index in [9.17, 15) is 22.0 Å². The lowest BCUT2D eigenvalue weighted by Crippen LogP contribution is -2.16. The van der Waals surface area contributed by atoms with Crippen LogP contribution in [0.1, 0.15) is 17.4 Å². The van der Waals surface area contributed by atoms with Gasteiger partial charge in [0.1, 0.15) is 17.3 Å². The van der Waals surface area contributed by atoms with Crippen LogP contribution in [-0.2, 0) is 6.18 Å². The van der Waals surface area contributed by atoms with Crippen molar-refractivity contribution in [3.8, 4) is 11.1 Å².